The Morgan fingerprint density at radius 1 is 1.56 bits per heavy atom. The van der Waals surface area contributed by atoms with E-state index in [0.717, 1.165) is 5.56 Å². The number of methoxy groups -OCH3 is 1. The highest BCUT2D eigenvalue weighted by molar-refractivity contribution is 6.30. The first kappa shape index (κ1) is 11.7. The van der Waals surface area contributed by atoms with Gasteiger partial charge in [0.2, 0.25) is 0 Å². The summed E-state index contributed by atoms with van der Waals surface area (Å²) < 4.78 is 19.3. The molecule has 0 aromatic heterocycles. The summed E-state index contributed by atoms with van der Waals surface area (Å²) in [7, 11) is 1.57. The van der Waals surface area contributed by atoms with Crippen LogP contribution in [-0.2, 0) is 6.42 Å². The number of halogens is 2. The van der Waals surface area contributed by atoms with Gasteiger partial charge in [0.25, 0.3) is 0 Å². The molecule has 0 aliphatic heterocycles. The Bertz CT molecular complexity index is 391. The molecule has 0 spiro atoms. The average Bonchev–Trinajstić information content (AvgIpc) is 2.15. The molecule has 1 aliphatic carbocycles. The van der Waals surface area contributed by atoms with Crippen molar-refractivity contribution < 1.29 is 9.13 Å². The van der Waals surface area contributed by atoms with Crippen molar-refractivity contribution in [2.45, 2.75) is 31.0 Å². The largest absolute Gasteiger partial charge is 0.496 e. The molecule has 1 fully saturated rings. The molecule has 1 aromatic carbocycles. The Labute approximate surface area is 99.5 Å². The van der Waals surface area contributed by atoms with E-state index in [1.807, 2.05) is 0 Å². The van der Waals surface area contributed by atoms with Crippen molar-refractivity contribution >= 4 is 11.6 Å². The van der Waals surface area contributed by atoms with E-state index in [-0.39, 0.29) is 6.04 Å². The zero-order valence-corrected chi connectivity index (χ0v) is 9.93. The summed E-state index contributed by atoms with van der Waals surface area (Å²) in [6.45, 7) is 0. The maximum Gasteiger partial charge on any atom is 0.122 e. The lowest BCUT2D eigenvalue weighted by molar-refractivity contribution is 0.0439. The molecule has 2 N–H and O–H groups in total. The fourth-order valence-electron chi connectivity index (χ4n) is 2.25. The number of benzene rings is 1. The smallest absolute Gasteiger partial charge is 0.122 e. The molecule has 0 unspecified atom stereocenters. The lowest BCUT2D eigenvalue weighted by atomic mass is 9.74. The summed E-state index contributed by atoms with van der Waals surface area (Å²) in [5.41, 5.74) is 5.24. The van der Waals surface area contributed by atoms with Crippen molar-refractivity contribution in [2.75, 3.05) is 7.11 Å². The molecular formula is C12H15ClFNO. The van der Waals surface area contributed by atoms with Crippen LogP contribution in [0.2, 0.25) is 5.02 Å². The van der Waals surface area contributed by atoms with Gasteiger partial charge in [0, 0.05) is 17.5 Å². The zero-order chi connectivity index (χ0) is 11.8. The van der Waals surface area contributed by atoms with Crippen molar-refractivity contribution in [1.29, 1.82) is 0 Å². The molecular weight excluding hydrogens is 229 g/mol. The van der Waals surface area contributed by atoms with E-state index < -0.39 is 5.67 Å². The van der Waals surface area contributed by atoms with E-state index in [9.17, 15) is 4.39 Å². The zero-order valence-electron chi connectivity index (χ0n) is 9.17. The number of nitrogens with two attached hydrogens (primary N) is 1. The third-order valence-electron chi connectivity index (χ3n) is 3.01. The normalized spacial score (nSPS) is 28.6. The Morgan fingerprint density at radius 3 is 2.81 bits per heavy atom. The molecule has 0 heterocycles. The summed E-state index contributed by atoms with van der Waals surface area (Å²) in [4.78, 5) is 0. The van der Waals surface area contributed by atoms with Crippen LogP contribution in [0.1, 0.15) is 18.4 Å². The van der Waals surface area contributed by atoms with E-state index >= 15 is 0 Å². The predicted molar refractivity (Wildman–Crippen MR) is 62.8 cm³/mol. The minimum absolute atomic E-state index is 0.00446. The second-order valence-electron chi connectivity index (χ2n) is 4.45. The van der Waals surface area contributed by atoms with E-state index in [0.29, 0.717) is 30.0 Å². The summed E-state index contributed by atoms with van der Waals surface area (Å²) in [6.07, 6.45) is 1.16. The number of alkyl halides is 1. The molecule has 1 saturated carbocycles. The van der Waals surface area contributed by atoms with Crippen LogP contribution in [0.15, 0.2) is 18.2 Å². The minimum Gasteiger partial charge on any atom is -0.496 e. The van der Waals surface area contributed by atoms with Gasteiger partial charge in [0.1, 0.15) is 11.4 Å². The van der Waals surface area contributed by atoms with Crippen LogP contribution < -0.4 is 10.5 Å². The van der Waals surface area contributed by atoms with Gasteiger partial charge in [-0.25, -0.2) is 4.39 Å². The molecule has 16 heavy (non-hydrogen) atoms. The summed E-state index contributed by atoms with van der Waals surface area (Å²) in [5, 5.41) is 0.600. The fraction of sp³-hybridized carbons (Fsp3) is 0.500. The molecule has 0 saturated heterocycles. The molecule has 1 aromatic rings. The third kappa shape index (κ3) is 2.30. The molecule has 2 rings (SSSR count). The van der Waals surface area contributed by atoms with Gasteiger partial charge in [-0.3, -0.25) is 0 Å². The van der Waals surface area contributed by atoms with Crippen molar-refractivity contribution in [3.8, 4) is 5.75 Å². The molecule has 1 aliphatic rings. The quantitative estimate of drug-likeness (QED) is 0.886. The Morgan fingerprint density at radius 2 is 2.25 bits per heavy atom. The van der Waals surface area contributed by atoms with Crippen LogP contribution in [0.5, 0.6) is 5.75 Å². The number of hydrogen-bond acceptors (Lipinski definition) is 2. The Hall–Kier alpha value is -0.800. The van der Waals surface area contributed by atoms with Crippen LogP contribution in [0, 0.1) is 0 Å². The Balaban J connectivity index is 2.17. The lowest BCUT2D eigenvalue weighted by Crippen LogP contribution is -2.49. The minimum atomic E-state index is -1.18. The predicted octanol–water partition coefficient (Wildman–Crippen LogP) is 2.72. The lowest BCUT2D eigenvalue weighted by Gasteiger charge is -2.39. The fourth-order valence-corrected chi connectivity index (χ4v) is 2.45. The molecule has 0 bridgehead atoms. The van der Waals surface area contributed by atoms with Gasteiger partial charge >= 0.3 is 0 Å². The van der Waals surface area contributed by atoms with Crippen molar-refractivity contribution in [3.63, 3.8) is 0 Å². The maximum absolute atomic E-state index is 14.1. The number of hydrogen-bond donors (Lipinski definition) is 1. The van der Waals surface area contributed by atoms with Crippen LogP contribution >= 0.6 is 11.6 Å². The van der Waals surface area contributed by atoms with Crippen LogP contribution in [0.3, 0.4) is 0 Å². The van der Waals surface area contributed by atoms with Crippen molar-refractivity contribution in [1.82, 2.24) is 0 Å². The molecule has 2 nitrogen and oxygen atoms in total. The summed E-state index contributed by atoms with van der Waals surface area (Å²) in [6, 6.07) is 5.25. The topological polar surface area (TPSA) is 35.2 Å². The monoisotopic (exact) mass is 243 g/mol. The van der Waals surface area contributed by atoms with Gasteiger partial charge < -0.3 is 10.5 Å². The molecule has 0 radical (unpaired) electrons. The molecule has 88 valence electrons. The highest BCUT2D eigenvalue weighted by atomic mass is 35.5. The van der Waals surface area contributed by atoms with E-state index in [1.54, 1.807) is 25.3 Å². The number of ether oxygens (including phenoxy) is 1. The van der Waals surface area contributed by atoms with Crippen molar-refractivity contribution in [2.24, 2.45) is 5.73 Å². The van der Waals surface area contributed by atoms with Crippen LogP contribution in [0.25, 0.3) is 0 Å². The first-order chi connectivity index (χ1) is 7.52. The first-order valence-electron chi connectivity index (χ1n) is 5.29. The molecule has 0 amide bonds. The Kier molecular flexibility index (Phi) is 3.08. The van der Waals surface area contributed by atoms with Gasteiger partial charge in [-0.1, -0.05) is 11.6 Å². The summed E-state index contributed by atoms with van der Waals surface area (Å²) >= 11 is 5.89. The first-order valence-corrected chi connectivity index (χ1v) is 5.67. The molecule has 4 heteroatoms. The average molecular weight is 244 g/mol. The van der Waals surface area contributed by atoms with E-state index in [1.165, 1.54) is 0 Å². The summed E-state index contributed by atoms with van der Waals surface area (Å²) in [5.74, 6) is 0.682. The van der Waals surface area contributed by atoms with Gasteiger partial charge in [-0.05, 0) is 36.6 Å². The van der Waals surface area contributed by atoms with E-state index in [4.69, 9.17) is 22.1 Å². The highest BCUT2D eigenvalue weighted by Gasteiger charge is 2.43. The van der Waals surface area contributed by atoms with Gasteiger partial charge in [0.05, 0.1) is 7.11 Å². The van der Waals surface area contributed by atoms with Gasteiger partial charge in [0.15, 0.2) is 0 Å². The van der Waals surface area contributed by atoms with Crippen LogP contribution in [0.4, 0.5) is 4.39 Å². The molecule has 0 atom stereocenters. The van der Waals surface area contributed by atoms with Gasteiger partial charge in [-0.2, -0.15) is 0 Å². The van der Waals surface area contributed by atoms with Gasteiger partial charge in [-0.15, -0.1) is 0 Å². The van der Waals surface area contributed by atoms with Crippen LogP contribution in [-0.4, -0.2) is 18.8 Å². The van der Waals surface area contributed by atoms with Crippen molar-refractivity contribution in [3.05, 3.63) is 28.8 Å². The maximum atomic E-state index is 14.1. The highest BCUT2D eigenvalue weighted by Crippen LogP contribution is 2.40. The second-order valence-corrected chi connectivity index (χ2v) is 4.89. The number of rotatable bonds is 3. The standard InChI is InChI=1S/C12H15ClFNO/c1-16-11-3-2-9(13)4-8(11)5-12(14)6-10(15)7-12/h2-4,10H,5-7,15H2,1H3. The second kappa shape index (κ2) is 4.22. The SMILES string of the molecule is COc1ccc(Cl)cc1CC1(F)CC(N)C1. The van der Waals surface area contributed by atoms with E-state index in [2.05, 4.69) is 0 Å². The third-order valence-corrected chi connectivity index (χ3v) is 3.24.